The molecule has 2 unspecified atom stereocenters. The highest BCUT2D eigenvalue weighted by Crippen LogP contribution is 2.41. The number of carboxylic acid groups (broad SMARTS) is 2. The highest BCUT2D eigenvalue weighted by Gasteiger charge is 2.44. The van der Waals surface area contributed by atoms with Crippen LogP contribution in [-0.2, 0) is 14.4 Å². The molecule has 0 spiro atoms. The minimum Gasteiger partial charge on any atom is -0.481 e. The maximum absolute atomic E-state index is 11.1. The van der Waals surface area contributed by atoms with Gasteiger partial charge in [-0.15, -0.1) is 0 Å². The summed E-state index contributed by atoms with van der Waals surface area (Å²) in [5.74, 6) is -2.65. The van der Waals surface area contributed by atoms with Gasteiger partial charge in [-0.05, 0) is 19.3 Å². The van der Waals surface area contributed by atoms with E-state index in [1.165, 1.54) is 0 Å². The lowest BCUT2D eigenvalue weighted by Gasteiger charge is -2.34. The van der Waals surface area contributed by atoms with E-state index in [4.69, 9.17) is 10.2 Å². The van der Waals surface area contributed by atoms with E-state index in [0.717, 1.165) is 0 Å². The van der Waals surface area contributed by atoms with Crippen LogP contribution >= 0.6 is 0 Å². The predicted molar refractivity (Wildman–Crippen MR) is 50.3 cm³/mol. The van der Waals surface area contributed by atoms with Crippen molar-refractivity contribution in [2.24, 2.45) is 11.3 Å². The molecule has 0 amide bonds. The molecule has 2 atom stereocenters. The second kappa shape index (κ2) is 4.42. The Hall–Kier alpha value is -1.39. The average molecular weight is 214 g/mol. The lowest BCUT2D eigenvalue weighted by molar-refractivity contribution is -0.157. The van der Waals surface area contributed by atoms with Crippen LogP contribution < -0.4 is 0 Å². The van der Waals surface area contributed by atoms with Crippen molar-refractivity contribution in [2.75, 3.05) is 0 Å². The number of carbonyl (C=O) groups excluding carboxylic acids is 1. The molecule has 0 bridgehead atoms. The molecular weight excluding hydrogens is 200 g/mol. The predicted octanol–water partition coefficient (Wildman–Crippen LogP) is 0.921. The van der Waals surface area contributed by atoms with Crippen LogP contribution in [0.15, 0.2) is 0 Å². The Morgan fingerprint density at radius 3 is 2.53 bits per heavy atom. The molecule has 5 nitrogen and oxygen atoms in total. The first-order valence-electron chi connectivity index (χ1n) is 4.92. The SMILES string of the molecule is O=CCC1(C(=O)O)CCCC(C(=O)O)C1. The summed E-state index contributed by atoms with van der Waals surface area (Å²) in [7, 11) is 0. The Bertz CT molecular complexity index is 286. The van der Waals surface area contributed by atoms with Crippen LogP contribution in [0.3, 0.4) is 0 Å². The highest BCUT2D eigenvalue weighted by atomic mass is 16.4. The van der Waals surface area contributed by atoms with E-state index < -0.39 is 23.3 Å². The fraction of sp³-hybridized carbons (Fsp3) is 0.700. The zero-order valence-corrected chi connectivity index (χ0v) is 8.31. The molecule has 0 aromatic heterocycles. The van der Waals surface area contributed by atoms with Gasteiger partial charge >= 0.3 is 11.9 Å². The van der Waals surface area contributed by atoms with Gasteiger partial charge in [0.05, 0.1) is 11.3 Å². The van der Waals surface area contributed by atoms with Crippen LogP contribution in [0.5, 0.6) is 0 Å². The fourth-order valence-corrected chi connectivity index (χ4v) is 2.20. The van der Waals surface area contributed by atoms with Crippen LogP contribution in [0.1, 0.15) is 32.1 Å². The third-order valence-corrected chi connectivity index (χ3v) is 3.12. The molecular formula is C10H14O5. The van der Waals surface area contributed by atoms with E-state index in [1.807, 2.05) is 0 Å². The summed E-state index contributed by atoms with van der Waals surface area (Å²) < 4.78 is 0. The molecule has 5 heteroatoms. The summed E-state index contributed by atoms with van der Waals surface area (Å²) in [6.45, 7) is 0. The van der Waals surface area contributed by atoms with Gasteiger partial charge in [-0.1, -0.05) is 6.42 Å². The molecule has 1 saturated carbocycles. The average Bonchev–Trinajstić information content (AvgIpc) is 2.18. The van der Waals surface area contributed by atoms with Crippen molar-refractivity contribution in [2.45, 2.75) is 32.1 Å². The summed E-state index contributed by atoms with van der Waals surface area (Å²) in [6, 6.07) is 0. The molecule has 1 fully saturated rings. The molecule has 1 aliphatic rings. The zero-order valence-electron chi connectivity index (χ0n) is 8.31. The van der Waals surface area contributed by atoms with Crippen molar-refractivity contribution < 1.29 is 24.6 Å². The van der Waals surface area contributed by atoms with Crippen molar-refractivity contribution in [3.63, 3.8) is 0 Å². The number of carbonyl (C=O) groups is 3. The van der Waals surface area contributed by atoms with E-state index in [-0.39, 0.29) is 12.8 Å². The quantitative estimate of drug-likeness (QED) is 0.679. The Labute approximate surface area is 87.1 Å². The first-order valence-corrected chi connectivity index (χ1v) is 4.92. The number of hydrogen-bond donors (Lipinski definition) is 2. The summed E-state index contributed by atoms with van der Waals surface area (Å²) in [6.07, 6.45) is 1.99. The van der Waals surface area contributed by atoms with Crippen molar-refractivity contribution in [3.8, 4) is 0 Å². The van der Waals surface area contributed by atoms with E-state index >= 15 is 0 Å². The third kappa shape index (κ3) is 2.34. The zero-order chi connectivity index (χ0) is 11.5. The molecule has 2 N–H and O–H groups in total. The molecule has 15 heavy (non-hydrogen) atoms. The molecule has 0 aromatic carbocycles. The van der Waals surface area contributed by atoms with Crippen molar-refractivity contribution in [1.82, 2.24) is 0 Å². The summed E-state index contributed by atoms with van der Waals surface area (Å²) in [4.78, 5) is 32.3. The van der Waals surface area contributed by atoms with Gasteiger partial charge in [0, 0.05) is 6.42 Å². The van der Waals surface area contributed by atoms with Crippen molar-refractivity contribution >= 4 is 18.2 Å². The van der Waals surface area contributed by atoms with Crippen LogP contribution in [0.4, 0.5) is 0 Å². The first kappa shape index (κ1) is 11.7. The van der Waals surface area contributed by atoms with Crippen LogP contribution in [0.2, 0.25) is 0 Å². The van der Waals surface area contributed by atoms with Crippen LogP contribution in [0, 0.1) is 11.3 Å². The lowest BCUT2D eigenvalue weighted by Crippen LogP contribution is -2.38. The molecule has 84 valence electrons. The number of rotatable bonds is 4. The molecule has 1 aliphatic carbocycles. The third-order valence-electron chi connectivity index (χ3n) is 3.12. The minimum absolute atomic E-state index is 0.0659. The van der Waals surface area contributed by atoms with Gasteiger partial charge in [-0.3, -0.25) is 9.59 Å². The molecule has 0 heterocycles. The van der Waals surface area contributed by atoms with Gasteiger partial charge in [0.1, 0.15) is 6.29 Å². The topological polar surface area (TPSA) is 91.7 Å². The molecule has 0 aliphatic heterocycles. The van der Waals surface area contributed by atoms with Gasteiger partial charge in [-0.2, -0.15) is 0 Å². The largest absolute Gasteiger partial charge is 0.481 e. The minimum atomic E-state index is -1.15. The molecule has 0 saturated heterocycles. The molecule has 0 aromatic rings. The Morgan fingerprint density at radius 2 is 2.07 bits per heavy atom. The molecule has 1 rings (SSSR count). The standard InChI is InChI=1S/C10H14O5/c11-5-4-10(9(14)15)3-1-2-7(6-10)8(12)13/h5,7H,1-4,6H2,(H,12,13)(H,14,15). The Balaban J connectivity index is 2.84. The second-order valence-electron chi connectivity index (χ2n) is 4.09. The fourth-order valence-electron chi connectivity index (χ4n) is 2.20. The van der Waals surface area contributed by atoms with Crippen LogP contribution in [0.25, 0.3) is 0 Å². The first-order chi connectivity index (χ1) is 7.02. The van der Waals surface area contributed by atoms with E-state index in [0.29, 0.717) is 25.5 Å². The van der Waals surface area contributed by atoms with Gasteiger partial charge in [-0.25, -0.2) is 0 Å². The lowest BCUT2D eigenvalue weighted by atomic mass is 9.68. The van der Waals surface area contributed by atoms with Gasteiger partial charge in [0.25, 0.3) is 0 Å². The molecule has 0 radical (unpaired) electrons. The summed E-state index contributed by atoms with van der Waals surface area (Å²) in [5, 5.41) is 17.9. The normalized spacial score (nSPS) is 30.8. The maximum atomic E-state index is 11.1. The van der Waals surface area contributed by atoms with Gasteiger partial charge in [0.2, 0.25) is 0 Å². The van der Waals surface area contributed by atoms with Gasteiger partial charge in [0.15, 0.2) is 0 Å². The Morgan fingerprint density at radius 1 is 1.40 bits per heavy atom. The van der Waals surface area contributed by atoms with Crippen molar-refractivity contribution in [1.29, 1.82) is 0 Å². The second-order valence-corrected chi connectivity index (χ2v) is 4.09. The summed E-state index contributed by atoms with van der Waals surface area (Å²) >= 11 is 0. The highest BCUT2D eigenvalue weighted by molar-refractivity contribution is 5.80. The van der Waals surface area contributed by atoms with E-state index in [1.54, 1.807) is 0 Å². The van der Waals surface area contributed by atoms with Gasteiger partial charge < -0.3 is 15.0 Å². The number of aldehydes is 1. The Kier molecular flexibility index (Phi) is 3.44. The monoisotopic (exact) mass is 214 g/mol. The van der Waals surface area contributed by atoms with E-state index in [9.17, 15) is 14.4 Å². The summed E-state index contributed by atoms with van der Waals surface area (Å²) in [5.41, 5.74) is -1.15. The van der Waals surface area contributed by atoms with E-state index in [2.05, 4.69) is 0 Å². The number of aliphatic carboxylic acids is 2. The van der Waals surface area contributed by atoms with Crippen molar-refractivity contribution in [3.05, 3.63) is 0 Å². The van der Waals surface area contributed by atoms with Crippen LogP contribution in [-0.4, -0.2) is 28.4 Å². The maximum Gasteiger partial charge on any atom is 0.310 e. The number of carboxylic acids is 2. The number of hydrogen-bond acceptors (Lipinski definition) is 3. The smallest absolute Gasteiger partial charge is 0.310 e.